The largest absolute Gasteiger partial charge is 0.444 e. The highest BCUT2D eigenvalue weighted by Gasteiger charge is 2.43. The molecule has 0 saturated carbocycles. The maximum Gasteiger partial charge on any atom is 0.408 e. The van der Waals surface area contributed by atoms with Crippen molar-refractivity contribution in [2.45, 2.75) is 97.9 Å². The van der Waals surface area contributed by atoms with Gasteiger partial charge in [0.25, 0.3) is 5.91 Å². The van der Waals surface area contributed by atoms with Crippen LogP contribution in [0.1, 0.15) is 83.2 Å². The van der Waals surface area contributed by atoms with Crippen LogP contribution in [0.4, 0.5) is 10.5 Å². The molecular formula is C36H47N3O4. The lowest BCUT2D eigenvalue weighted by Gasteiger charge is -2.44. The number of ether oxygens (including phenoxy) is 1. The smallest absolute Gasteiger partial charge is 0.408 e. The summed E-state index contributed by atoms with van der Waals surface area (Å²) in [7, 11) is 0. The number of alkyl carbamates (subject to hydrolysis) is 1. The summed E-state index contributed by atoms with van der Waals surface area (Å²) in [6.45, 7) is 15.2. The Labute approximate surface area is 257 Å². The molecule has 0 aliphatic carbocycles. The van der Waals surface area contributed by atoms with Gasteiger partial charge < -0.3 is 20.3 Å². The van der Waals surface area contributed by atoms with Gasteiger partial charge in [-0.15, -0.1) is 0 Å². The molecule has 7 nitrogen and oxygen atoms in total. The first-order valence-electron chi connectivity index (χ1n) is 15.1. The molecule has 3 rings (SSSR count). The standard InChI is InChI=1S/C36H47N3O4/c1-9-26-20-22-28(23-21-26)31(32(40)37-29-19-15-14-16-25(29)3)39(36(7,8)10-2)33(41)30(24-27-17-12-11-13-18-27)38-34(42)43-35(4,5)6/h11-23,30-31H,9-10,24H2,1-8H3,(H,37,40)(H,38,42). The molecule has 0 saturated heterocycles. The molecule has 0 aliphatic heterocycles. The van der Waals surface area contributed by atoms with Crippen molar-refractivity contribution in [2.75, 3.05) is 5.32 Å². The molecule has 2 unspecified atom stereocenters. The van der Waals surface area contributed by atoms with Gasteiger partial charge in [0.1, 0.15) is 17.7 Å². The van der Waals surface area contributed by atoms with Gasteiger partial charge in [-0.3, -0.25) is 9.59 Å². The SMILES string of the molecule is CCc1ccc(C(C(=O)Nc2ccccc2C)N(C(=O)C(Cc2ccccc2)NC(=O)OC(C)(C)C)C(C)(C)CC)cc1. The Hall–Kier alpha value is -4.13. The lowest BCUT2D eigenvalue weighted by Crippen LogP contribution is -2.59. The zero-order valence-electron chi connectivity index (χ0n) is 26.9. The molecule has 230 valence electrons. The van der Waals surface area contributed by atoms with Crippen LogP contribution in [0.25, 0.3) is 0 Å². The maximum absolute atomic E-state index is 14.8. The molecule has 0 fully saturated rings. The number of carbonyl (C=O) groups excluding carboxylic acids is 3. The molecule has 3 aromatic rings. The Kier molecular flexibility index (Phi) is 11.1. The first-order chi connectivity index (χ1) is 20.3. The van der Waals surface area contributed by atoms with Crippen LogP contribution in [-0.4, -0.2) is 40.0 Å². The van der Waals surface area contributed by atoms with E-state index in [2.05, 4.69) is 17.6 Å². The molecule has 3 aromatic carbocycles. The number of aryl methyl sites for hydroxylation is 2. The normalized spacial score (nSPS) is 13.0. The number of rotatable bonds is 11. The Morgan fingerprint density at radius 2 is 1.42 bits per heavy atom. The van der Waals surface area contributed by atoms with Gasteiger partial charge in [0, 0.05) is 17.6 Å². The van der Waals surface area contributed by atoms with Gasteiger partial charge >= 0.3 is 6.09 Å². The summed E-state index contributed by atoms with van der Waals surface area (Å²) in [5.41, 5.74) is 2.79. The van der Waals surface area contributed by atoms with Crippen LogP contribution in [-0.2, 0) is 27.2 Å². The molecule has 2 atom stereocenters. The summed E-state index contributed by atoms with van der Waals surface area (Å²) >= 11 is 0. The predicted octanol–water partition coefficient (Wildman–Crippen LogP) is 7.39. The van der Waals surface area contributed by atoms with E-state index in [1.807, 2.05) is 107 Å². The van der Waals surface area contributed by atoms with Gasteiger partial charge in [-0.05, 0) is 82.7 Å². The predicted molar refractivity (Wildman–Crippen MR) is 173 cm³/mol. The van der Waals surface area contributed by atoms with Gasteiger partial charge in [0.2, 0.25) is 5.91 Å². The molecule has 0 aromatic heterocycles. The van der Waals surface area contributed by atoms with E-state index in [0.717, 1.165) is 23.1 Å². The number of nitrogens with zero attached hydrogens (tertiary/aromatic N) is 1. The lowest BCUT2D eigenvalue weighted by molar-refractivity contribution is -0.147. The zero-order valence-corrected chi connectivity index (χ0v) is 26.9. The number of hydrogen-bond donors (Lipinski definition) is 2. The van der Waals surface area contributed by atoms with E-state index in [0.29, 0.717) is 17.7 Å². The minimum Gasteiger partial charge on any atom is -0.444 e. The lowest BCUT2D eigenvalue weighted by atomic mass is 9.90. The highest BCUT2D eigenvalue weighted by molar-refractivity contribution is 5.99. The van der Waals surface area contributed by atoms with Crippen LogP contribution in [0.3, 0.4) is 0 Å². The molecule has 0 heterocycles. The number of nitrogens with one attached hydrogen (secondary N) is 2. The van der Waals surface area contributed by atoms with Gasteiger partial charge in [-0.2, -0.15) is 0 Å². The molecule has 0 spiro atoms. The second-order valence-corrected chi connectivity index (χ2v) is 12.6. The second kappa shape index (κ2) is 14.4. The highest BCUT2D eigenvalue weighted by Crippen LogP contribution is 2.34. The summed E-state index contributed by atoms with van der Waals surface area (Å²) < 4.78 is 5.56. The Bertz CT molecular complexity index is 1380. The summed E-state index contributed by atoms with van der Waals surface area (Å²) in [6.07, 6.45) is 0.965. The average molecular weight is 586 g/mol. The fourth-order valence-electron chi connectivity index (χ4n) is 4.88. The molecule has 0 radical (unpaired) electrons. The fourth-order valence-corrected chi connectivity index (χ4v) is 4.88. The third-order valence-electron chi connectivity index (χ3n) is 7.64. The number of carbonyl (C=O) groups is 3. The monoisotopic (exact) mass is 585 g/mol. The van der Waals surface area contributed by atoms with Crippen molar-refractivity contribution in [1.29, 1.82) is 0 Å². The number of hydrogen-bond acceptors (Lipinski definition) is 4. The van der Waals surface area contributed by atoms with Crippen LogP contribution in [0.15, 0.2) is 78.9 Å². The number of amides is 3. The van der Waals surface area contributed by atoms with E-state index in [-0.39, 0.29) is 18.2 Å². The number of para-hydroxylation sites is 1. The van der Waals surface area contributed by atoms with Gasteiger partial charge in [0.15, 0.2) is 0 Å². The van der Waals surface area contributed by atoms with Crippen molar-refractivity contribution in [3.63, 3.8) is 0 Å². The van der Waals surface area contributed by atoms with Crippen LogP contribution in [0.2, 0.25) is 0 Å². The Morgan fingerprint density at radius 1 is 0.814 bits per heavy atom. The van der Waals surface area contributed by atoms with E-state index in [1.165, 1.54) is 0 Å². The van der Waals surface area contributed by atoms with Crippen molar-refractivity contribution in [3.8, 4) is 0 Å². The maximum atomic E-state index is 14.8. The third kappa shape index (κ3) is 9.18. The summed E-state index contributed by atoms with van der Waals surface area (Å²) in [5, 5.41) is 5.92. The fraction of sp³-hybridized carbons (Fsp3) is 0.417. The van der Waals surface area contributed by atoms with Crippen molar-refractivity contribution in [1.82, 2.24) is 10.2 Å². The second-order valence-electron chi connectivity index (χ2n) is 12.6. The summed E-state index contributed by atoms with van der Waals surface area (Å²) in [4.78, 5) is 43.8. The topological polar surface area (TPSA) is 87.7 Å². The van der Waals surface area contributed by atoms with Crippen molar-refractivity contribution < 1.29 is 19.1 Å². The zero-order chi connectivity index (χ0) is 31.8. The minimum atomic E-state index is -0.980. The van der Waals surface area contributed by atoms with Crippen molar-refractivity contribution >= 4 is 23.6 Å². The minimum absolute atomic E-state index is 0.232. The molecule has 2 N–H and O–H groups in total. The molecule has 0 bridgehead atoms. The van der Waals surface area contributed by atoms with Crippen molar-refractivity contribution in [3.05, 3.63) is 101 Å². The van der Waals surface area contributed by atoms with E-state index in [4.69, 9.17) is 4.74 Å². The number of benzene rings is 3. The van der Waals surface area contributed by atoms with Crippen LogP contribution in [0, 0.1) is 6.92 Å². The Morgan fingerprint density at radius 3 is 1.98 bits per heavy atom. The highest BCUT2D eigenvalue weighted by atomic mass is 16.6. The molecular weight excluding hydrogens is 538 g/mol. The van der Waals surface area contributed by atoms with E-state index >= 15 is 0 Å². The van der Waals surface area contributed by atoms with E-state index in [9.17, 15) is 14.4 Å². The van der Waals surface area contributed by atoms with Crippen LogP contribution >= 0.6 is 0 Å². The van der Waals surface area contributed by atoms with Crippen molar-refractivity contribution in [2.24, 2.45) is 0 Å². The summed E-state index contributed by atoms with van der Waals surface area (Å²) in [6, 6.07) is 23.0. The quantitative estimate of drug-likeness (QED) is 0.246. The molecule has 7 heteroatoms. The number of anilines is 1. The Balaban J connectivity index is 2.15. The summed E-state index contributed by atoms with van der Waals surface area (Å²) in [5.74, 6) is -0.699. The van der Waals surface area contributed by atoms with Gasteiger partial charge in [0.05, 0.1) is 0 Å². The van der Waals surface area contributed by atoms with E-state index in [1.54, 1.807) is 25.7 Å². The molecule has 3 amide bonds. The molecule has 0 aliphatic rings. The van der Waals surface area contributed by atoms with E-state index < -0.39 is 29.3 Å². The first-order valence-corrected chi connectivity index (χ1v) is 15.1. The first kappa shape index (κ1) is 33.4. The van der Waals surface area contributed by atoms with Crippen LogP contribution in [0.5, 0.6) is 0 Å². The molecule has 43 heavy (non-hydrogen) atoms. The van der Waals surface area contributed by atoms with Gasteiger partial charge in [-0.25, -0.2) is 4.79 Å². The van der Waals surface area contributed by atoms with Gasteiger partial charge in [-0.1, -0.05) is 86.6 Å². The average Bonchev–Trinajstić information content (AvgIpc) is 2.96. The third-order valence-corrected chi connectivity index (χ3v) is 7.64. The van der Waals surface area contributed by atoms with Crippen LogP contribution < -0.4 is 10.6 Å².